The van der Waals surface area contributed by atoms with E-state index in [4.69, 9.17) is 0 Å². The van der Waals surface area contributed by atoms with E-state index in [0.29, 0.717) is 0 Å². The highest BCUT2D eigenvalue weighted by Crippen LogP contribution is 2.13. The summed E-state index contributed by atoms with van der Waals surface area (Å²) in [6.07, 6.45) is 1.90. The Bertz CT molecular complexity index is 420. The van der Waals surface area contributed by atoms with Crippen molar-refractivity contribution in [3.8, 4) is 0 Å². The third kappa shape index (κ3) is 2.70. The lowest BCUT2D eigenvalue weighted by atomic mass is 10.1. The summed E-state index contributed by atoms with van der Waals surface area (Å²) < 4.78 is 12.7. The van der Waals surface area contributed by atoms with Crippen LogP contribution in [0.15, 0.2) is 42.6 Å². The van der Waals surface area contributed by atoms with Crippen LogP contribution in [0.25, 0.3) is 0 Å². The standard InChI is InChI=1S/C13H15FN2/c1-10(11-4-6-12(14)7-5-11)16-9-13-3-2-8-15-13/h2-8,10,15-16H,9H2,1H3/t10-/m1/s1. The van der Waals surface area contributed by atoms with E-state index in [-0.39, 0.29) is 11.9 Å². The minimum absolute atomic E-state index is 0.194. The number of hydrogen-bond acceptors (Lipinski definition) is 1. The molecule has 0 saturated carbocycles. The molecular formula is C13H15FN2. The van der Waals surface area contributed by atoms with Crippen LogP contribution in [0, 0.1) is 5.82 Å². The number of rotatable bonds is 4. The third-order valence-electron chi connectivity index (χ3n) is 2.63. The number of halogens is 1. The predicted molar refractivity (Wildman–Crippen MR) is 62.4 cm³/mol. The summed E-state index contributed by atoms with van der Waals surface area (Å²) in [6.45, 7) is 2.85. The highest BCUT2D eigenvalue weighted by atomic mass is 19.1. The van der Waals surface area contributed by atoms with Crippen molar-refractivity contribution in [1.29, 1.82) is 0 Å². The first kappa shape index (κ1) is 10.9. The van der Waals surface area contributed by atoms with Gasteiger partial charge in [-0.25, -0.2) is 4.39 Å². The Kier molecular flexibility index (Phi) is 3.37. The summed E-state index contributed by atoms with van der Waals surface area (Å²) in [4.78, 5) is 3.13. The molecule has 0 fully saturated rings. The van der Waals surface area contributed by atoms with E-state index in [0.717, 1.165) is 17.8 Å². The molecule has 0 aliphatic carbocycles. The lowest BCUT2D eigenvalue weighted by molar-refractivity contribution is 0.566. The molecule has 0 spiro atoms. The Hall–Kier alpha value is -1.61. The van der Waals surface area contributed by atoms with E-state index in [1.807, 2.05) is 30.5 Å². The summed E-state index contributed by atoms with van der Waals surface area (Å²) >= 11 is 0. The predicted octanol–water partition coefficient (Wildman–Crippen LogP) is 3.00. The Labute approximate surface area is 94.5 Å². The molecule has 0 bridgehead atoms. The molecule has 2 N–H and O–H groups in total. The molecule has 84 valence electrons. The fourth-order valence-corrected chi connectivity index (χ4v) is 1.61. The lowest BCUT2D eigenvalue weighted by Gasteiger charge is -2.13. The van der Waals surface area contributed by atoms with E-state index in [2.05, 4.69) is 17.2 Å². The first-order valence-electron chi connectivity index (χ1n) is 5.37. The van der Waals surface area contributed by atoms with Gasteiger partial charge < -0.3 is 10.3 Å². The highest BCUT2D eigenvalue weighted by molar-refractivity contribution is 5.19. The van der Waals surface area contributed by atoms with Crippen LogP contribution in [-0.4, -0.2) is 4.98 Å². The summed E-state index contributed by atoms with van der Waals surface area (Å²) in [6, 6.07) is 10.8. The average molecular weight is 218 g/mol. The molecule has 0 amide bonds. The number of aromatic nitrogens is 1. The molecule has 2 rings (SSSR count). The van der Waals surface area contributed by atoms with Gasteiger partial charge in [0.1, 0.15) is 5.82 Å². The van der Waals surface area contributed by atoms with E-state index in [1.165, 1.54) is 12.1 Å². The van der Waals surface area contributed by atoms with E-state index >= 15 is 0 Å². The van der Waals surface area contributed by atoms with Gasteiger partial charge in [0, 0.05) is 24.5 Å². The molecule has 1 aromatic heterocycles. The van der Waals surface area contributed by atoms with E-state index in [9.17, 15) is 4.39 Å². The fraction of sp³-hybridized carbons (Fsp3) is 0.231. The molecule has 3 heteroatoms. The van der Waals surface area contributed by atoms with Crippen molar-refractivity contribution in [1.82, 2.24) is 10.3 Å². The lowest BCUT2D eigenvalue weighted by Crippen LogP contribution is -2.18. The van der Waals surface area contributed by atoms with Gasteiger partial charge in [-0.2, -0.15) is 0 Å². The summed E-state index contributed by atoms with van der Waals surface area (Å²) in [5.41, 5.74) is 2.24. The second kappa shape index (κ2) is 4.94. The van der Waals surface area contributed by atoms with Crippen molar-refractivity contribution >= 4 is 0 Å². The summed E-state index contributed by atoms with van der Waals surface area (Å²) in [5.74, 6) is -0.194. The Morgan fingerprint density at radius 1 is 1.25 bits per heavy atom. The summed E-state index contributed by atoms with van der Waals surface area (Å²) in [5, 5.41) is 3.37. The minimum atomic E-state index is -0.194. The van der Waals surface area contributed by atoms with Gasteiger partial charge in [-0.05, 0) is 36.8 Å². The number of aromatic amines is 1. The molecule has 16 heavy (non-hydrogen) atoms. The molecule has 2 aromatic rings. The zero-order valence-electron chi connectivity index (χ0n) is 9.20. The smallest absolute Gasteiger partial charge is 0.123 e. The largest absolute Gasteiger partial charge is 0.364 e. The van der Waals surface area contributed by atoms with Gasteiger partial charge in [0.2, 0.25) is 0 Å². The van der Waals surface area contributed by atoms with Gasteiger partial charge in [-0.1, -0.05) is 12.1 Å². The van der Waals surface area contributed by atoms with Gasteiger partial charge >= 0.3 is 0 Å². The number of nitrogens with one attached hydrogen (secondary N) is 2. The first-order chi connectivity index (χ1) is 7.75. The van der Waals surface area contributed by atoms with Crippen molar-refractivity contribution < 1.29 is 4.39 Å². The summed E-state index contributed by atoms with van der Waals surface area (Å²) in [7, 11) is 0. The minimum Gasteiger partial charge on any atom is -0.364 e. The van der Waals surface area contributed by atoms with E-state index in [1.54, 1.807) is 0 Å². The van der Waals surface area contributed by atoms with Crippen molar-refractivity contribution in [2.45, 2.75) is 19.5 Å². The average Bonchev–Trinajstić information content (AvgIpc) is 2.80. The van der Waals surface area contributed by atoms with Gasteiger partial charge in [0.05, 0.1) is 0 Å². The van der Waals surface area contributed by atoms with Crippen molar-refractivity contribution in [3.05, 3.63) is 59.7 Å². The SMILES string of the molecule is C[C@@H](NCc1ccc[nH]1)c1ccc(F)cc1. The van der Waals surface area contributed by atoms with Gasteiger partial charge in [0.15, 0.2) is 0 Å². The van der Waals surface area contributed by atoms with Crippen molar-refractivity contribution in [2.24, 2.45) is 0 Å². The van der Waals surface area contributed by atoms with Crippen LogP contribution in [0.1, 0.15) is 24.2 Å². The molecule has 0 saturated heterocycles. The van der Waals surface area contributed by atoms with Crippen LogP contribution in [0.5, 0.6) is 0 Å². The molecule has 0 aliphatic rings. The number of benzene rings is 1. The van der Waals surface area contributed by atoms with Crippen LogP contribution in [-0.2, 0) is 6.54 Å². The Balaban J connectivity index is 1.93. The third-order valence-corrected chi connectivity index (χ3v) is 2.63. The van der Waals surface area contributed by atoms with Crippen molar-refractivity contribution in [2.75, 3.05) is 0 Å². The molecule has 0 radical (unpaired) electrons. The van der Waals surface area contributed by atoms with Gasteiger partial charge in [-0.15, -0.1) is 0 Å². The zero-order valence-corrected chi connectivity index (χ0v) is 9.20. The van der Waals surface area contributed by atoms with Gasteiger partial charge in [0.25, 0.3) is 0 Å². The molecule has 0 unspecified atom stereocenters. The molecule has 1 atom stereocenters. The second-order valence-electron chi connectivity index (χ2n) is 3.85. The topological polar surface area (TPSA) is 27.8 Å². The number of H-pyrrole nitrogens is 1. The molecular weight excluding hydrogens is 203 g/mol. The van der Waals surface area contributed by atoms with Gasteiger partial charge in [-0.3, -0.25) is 0 Å². The molecule has 0 aliphatic heterocycles. The van der Waals surface area contributed by atoms with Crippen LogP contribution >= 0.6 is 0 Å². The molecule has 1 heterocycles. The monoisotopic (exact) mass is 218 g/mol. The molecule has 2 nitrogen and oxygen atoms in total. The normalized spacial score (nSPS) is 12.6. The maximum absolute atomic E-state index is 12.7. The molecule has 1 aromatic carbocycles. The van der Waals surface area contributed by atoms with Crippen LogP contribution < -0.4 is 5.32 Å². The Morgan fingerprint density at radius 3 is 2.62 bits per heavy atom. The van der Waals surface area contributed by atoms with Crippen LogP contribution in [0.3, 0.4) is 0 Å². The first-order valence-corrected chi connectivity index (χ1v) is 5.37. The van der Waals surface area contributed by atoms with Crippen molar-refractivity contribution in [3.63, 3.8) is 0 Å². The zero-order chi connectivity index (χ0) is 11.4. The highest BCUT2D eigenvalue weighted by Gasteiger charge is 2.04. The van der Waals surface area contributed by atoms with Crippen LogP contribution in [0.4, 0.5) is 4.39 Å². The quantitative estimate of drug-likeness (QED) is 0.811. The van der Waals surface area contributed by atoms with E-state index < -0.39 is 0 Å². The number of hydrogen-bond donors (Lipinski definition) is 2. The fourth-order valence-electron chi connectivity index (χ4n) is 1.61. The Morgan fingerprint density at radius 2 is 2.00 bits per heavy atom. The maximum Gasteiger partial charge on any atom is 0.123 e. The second-order valence-corrected chi connectivity index (χ2v) is 3.85. The maximum atomic E-state index is 12.7. The van der Waals surface area contributed by atoms with Crippen LogP contribution in [0.2, 0.25) is 0 Å².